The van der Waals surface area contributed by atoms with Gasteiger partial charge >= 0.3 is 0 Å². The van der Waals surface area contributed by atoms with Gasteiger partial charge in [0.15, 0.2) is 0 Å². The van der Waals surface area contributed by atoms with Gasteiger partial charge in [-0.05, 0) is 118 Å². The summed E-state index contributed by atoms with van der Waals surface area (Å²) in [4.78, 5) is 0. The van der Waals surface area contributed by atoms with E-state index in [0.717, 1.165) is 71.2 Å². The maximum atomic E-state index is 6.34. The topological polar surface area (TPSA) is 70.5 Å². The van der Waals surface area contributed by atoms with Crippen molar-refractivity contribution in [3.8, 4) is 34.1 Å². The Morgan fingerprint density at radius 3 is 1.26 bits per heavy atom. The second-order valence-electron chi connectivity index (χ2n) is 12.3. The Labute approximate surface area is 277 Å². The van der Waals surface area contributed by atoms with Gasteiger partial charge in [0.05, 0.1) is 5.41 Å². The number of ether oxygens (including phenoxy) is 2. The summed E-state index contributed by atoms with van der Waals surface area (Å²) in [5, 5.41) is 0. The Hall–Kier alpha value is -5.48. The lowest BCUT2D eigenvalue weighted by atomic mass is 9.68. The number of anilines is 2. The molecule has 0 radical (unpaired) electrons. The van der Waals surface area contributed by atoms with Crippen LogP contribution in [0, 0.1) is 0 Å². The molecular formula is C43H40N2O2. The summed E-state index contributed by atoms with van der Waals surface area (Å²) < 4.78 is 12.7. The highest BCUT2D eigenvalue weighted by Gasteiger charge is 2.45. The third-order valence-corrected chi connectivity index (χ3v) is 9.27. The van der Waals surface area contributed by atoms with E-state index in [0.29, 0.717) is 0 Å². The molecule has 1 aliphatic carbocycles. The average molecular weight is 617 g/mol. The molecule has 0 saturated heterocycles. The van der Waals surface area contributed by atoms with Crippen molar-refractivity contribution in [2.24, 2.45) is 0 Å². The average Bonchev–Trinajstić information content (AvgIpc) is 3.40. The lowest BCUT2D eigenvalue weighted by Crippen LogP contribution is -2.28. The lowest BCUT2D eigenvalue weighted by molar-refractivity contribution is 0.481. The molecule has 4 N–H and O–H groups in total. The molecule has 0 amide bonds. The van der Waals surface area contributed by atoms with Crippen LogP contribution in [0.25, 0.3) is 11.1 Å². The quantitative estimate of drug-likeness (QED) is 0.150. The number of rotatable bonds is 10. The standard InChI is InChI=1S/C43H40N2O2/c1-3-9-29-27-35(23-25-41(29)44)46-33-19-15-31(16-20-33)43(39-13-7-5-11-37(39)38-12-6-8-14-40(38)43)32-17-21-34(22-18-32)47-36-24-26-42(45)30(28-36)10-4-2/h5-8,11-28H,3-4,9-10,44-45H2,1-2H3. The molecule has 0 aromatic heterocycles. The number of fused-ring (bicyclic) bond motifs is 3. The second kappa shape index (κ2) is 12.7. The minimum absolute atomic E-state index is 0.519. The Kier molecular flexibility index (Phi) is 8.17. The molecule has 234 valence electrons. The molecule has 1 aliphatic rings. The zero-order chi connectivity index (χ0) is 32.4. The molecule has 0 heterocycles. The van der Waals surface area contributed by atoms with Crippen molar-refractivity contribution in [2.45, 2.75) is 44.9 Å². The van der Waals surface area contributed by atoms with Crippen LogP contribution in [-0.4, -0.2) is 0 Å². The van der Waals surface area contributed by atoms with Crippen molar-refractivity contribution in [3.63, 3.8) is 0 Å². The third kappa shape index (κ3) is 5.50. The molecule has 6 aromatic carbocycles. The highest BCUT2D eigenvalue weighted by atomic mass is 16.5. The molecule has 7 rings (SSSR count). The van der Waals surface area contributed by atoms with Gasteiger partial charge in [-0.25, -0.2) is 0 Å². The molecule has 0 fully saturated rings. The summed E-state index contributed by atoms with van der Waals surface area (Å²) in [6.07, 6.45) is 3.91. The summed E-state index contributed by atoms with van der Waals surface area (Å²) in [6, 6.07) is 46.4. The van der Waals surface area contributed by atoms with Crippen molar-refractivity contribution < 1.29 is 9.47 Å². The van der Waals surface area contributed by atoms with Crippen molar-refractivity contribution in [3.05, 3.63) is 167 Å². The number of hydrogen-bond donors (Lipinski definition) is 2. The van der Waals surface area contributed by atoms with Crippen LogP contribution in [0.5, 0.6) is 23.0 Å². The molecule has 0 spiro atoms. The Morgan fingerprint density at radius 1 is 0.468 bits per heavy atom. The summed E-state index contributed by atoms with van der Waals surface area (Å²) in [7, 11) is 0. The van der Waals surface area contributed by atoms with Gasteiger partial charge < -0.3 is 20.9 Å². The fourth-order valence-electron chi connectivity index (χ4n) is 7.10. The first-order chi connectivity index (χ1) is 23.0. The maximum Gasteiger partial charge on any atom is 0.127 e. The first-order valence-corrected chi connectivity index (χ1v) is 16.5. The van der Waals surface area contributed by atoms with Crippen LogP contribution in [0.1, 0.15) is 60.1 Å². The van der Waals surface area contributed by atoms with Crippen molar-refractivity contribution in [1.82, 2.24) is 0 Å². The minimum Gasteiger partial charge on any atom is -0.457 e. The van der Waals surface area contributed by atoms with Gasteiger partial charge in [0.25, 0.3) is 0 Å². The Balaban J connectivity index is 1.28. The first kappa shape index (κ1) is 30.2. The Bertz CT molecular complexity index is 1880. The van der Waals surface area contributed by atoms with Gasteiger partial charge in [-0.2, -0.15) is 0 Å². The molecule has 0 unspecified atom stereocenters. The maximum absolute atomic E-state index is 6.34. The van der Waals surface area contributed by atoms with E-state index in [2.05, 4.69) is 123 Å². The zero-order valence-corrected chi connectivity index (χ0v) is 27.0. The van der Waals surface area contributed by atoms with Crippen molar-refractivity contribution in [2.75, 3.05) is 11.5 Å². The Morgan fingerprint density at radius 2 is 0.851 bits per heavy atom. The monoisotopic (exact) mass is 616 g/mol. The number of benzene rings is 6. The predicted octanol–water partition coefficient (Wildman–Crippen LogP) is 10.7. The van der Waals surface area contributed by atoms with Crippen molar-refractivity contribution in [1.29, 1.82) is 0 Å². The SMILES string of the molecule is CCCc1cc(Oc2ccc(C3(c4ccc(Oc5ccc(N)c(CCC)c5)cc4)c4ccccc4-c4ccccc43)cc2)ccc1N. The largest absolute Gasteiger partial charge is 0.457 e. The first-order valence-electron chi connectivity index (χ1n) is 16.5. The zero-order valence-electron chi connectivity index (χ0n) is 27.0. The van der Waals surface area contributed by atoms with Crippen molar-refractivity contribution >= 4 is 11.4 Å². The summed E-state index contributed by atoms with van der Waals surface area (Å²) in [6.45, 7) is 4.31. The van der Waals surface area contributed by atoms with Gasteiger partial charge in [-0.15, -0.1) is 0 Å². The minimum atomic E-state index is -0.519. The second-order valence-corrected chi connectivity index (χ2v) is 12.3. The fraction of sp³-hybridized carbons (Fsp3) is 0.163. The number of nitrogens with two attached hydrogens (primary N) is 2. The highest BCUT2D eigenvalue weighted by Crippen LogP contribution is 2.56. The van der Waals surface area contributed by atoms with Crippen LogP contribution in [0.2, 0.25) is 0 Å². The normalized spacial score (nSPS) is 12.7. The summed E-state index contributed by atoms with van der Waals surface area (Å²) >= 11 is 0. The molecule has 0 bridgehead atoms. The molecule has 4 heteroatoms. The molecule has 0 saturated carbocycles. The van der Waals surface area contributed by atoms with E-state index in [4.69, 9.17) is 20.9 Å². The molecule has 0 atom stereocenters. The predicted molar refractivity (Wildman–Crippen MR) is 194 cm³/mol. The number of hydrogen-bond acceptors (Lipinski definition) is 4. The van der Waals surface area contributed by atoms with E-state index in [9.17, 15) is 0 Å². The summed E-state index contributed by atoms with van der Waals surface area (Å²) in [5.74, 6) is 3.15. The smallest absolute Gasteiger partial charge is 0.127 e. The molecule has 4 nitrogen and oxygen atoms in total. The number of aryl methyl sites for hydroxylation is 2. The van der Waals surface area contributed by atoms with E-state index in [1.54, 1.807) is 0 Å². The molecule has 0 aliphatic heterocycles. The van der Waals surface area contributed by atoms with Gasteiger partial charge in [-0.3, -0.25) is 0 Å². The third-order valence-electron chi connectivity index (χ3n) is 9.27. The molecule has 6 aromatic rings. The fourth-order valence-corrected chi connectivity index (χ4v) is 7.10. The van der Waals surface area contributed by atoms with Crippen LogP contribution in [-0.2, 0) is 18.3 Å². The van der Waals surface area contributed by atoms with Crippen LogP contribution in [0.15, 0.2) is 133 Å². The molecule has 47 heavy (non-hydrogen) atoms. The highest BCUT2D eigenvalue weighted by molar-refractivity contribution is 5.86. The van der Waals surface area contributed by atoms with Gasteiger partial charge in [0, 0.05) is 11.4 Å². The van der Waals surface area contributed by atoms with E-state index >= 15 is 0 Å². The van der Waals surface area contributed by atoms with Crippen LogP contribution in [0.3, 0.4) is 0 Å². The van der Waals surface area contributed by atoms with E-state index in [1.165, 1.54) is 33.4 Å². The number of nitrogen functional groups attached to an aromatic ring is 2. The van der Waals surface area contributed by atoms with Crippen LogP contribution < -0.4 is 20.9 Å². The van der Waals surface area contributed by atoms with Crippen LogP contribution in [0.4, 0.5) is 11.4 Å². The van der Waals surface area contributed by atoms with Crippen LogP contribution >= 0.6 is 0 Å². The van der Waals surface area contributed by atoms with Gasteiger partial charge in [-0.1, -0.05) is 99.5 Å². The van der Waals surface area contributed by atoms with E-state index in [1.807, 2.05) is 24.3 Å². The van der Waals surface area contributed by atoms with E-state index in [-0.39, 0.29) is 0 Å². The summed E-state index contributed by atoms with van der Waals surface area (Å²) in [5.41, 5.74) is 23.1. The molecular weight excluding hydrogens is 576 g/mol. The lowest BCUT2D eigenvalue weighted by Gasteiger charge is -2.34. The van der Waals surface area contributed by atoms with Gasteiger partial charge in [0.2, 0.25) is 0 Å². The van der Waals surface area contributed by atoms with E-state index < -0.39 is 5.41 Å². The van der Waals surface area contributed by atoms with Gasteiger partial charge in [0.1, 0.15) is 23.0 Å².